The van der Waals surface area contributed by atoms with Crippen LogP contribution in [0, 0.1) is 0 Å². The predicted octanol–water partition coefficient (Wildman–Crippen LogP) is 2.55. The number of hydrogen-bond donors (Lipinski definition) is 3. The monoisotopic (exact) mass is 463 g/mol. The minimum Gasteiger partial charge on any atom is -0.497 e. The molecule has 2 rings (SSSR count). The maximum atomic E-state index is 10.4. The Hall–Kier alpha value is -1.22. The van der Waals surface area contributed by atoms with Gasteiger partial charge in [-0.3, -0.25) is 4.99 Å². The van der Waals surface area contributed by atoms with Crippen molar-refractivity contribution in [2.45, 2.75) is 38.2 Å². The van der Waals surface area contributed by atoms with Gasteiger partial charge in [-0.15, -0.1) is 24.0 Å². The van der Waals surface area contributed by atoms with E-state index in [1.54, 1.807) is 7.11 Å². The maximum Gasteiger partial charge on any atom is 0.191 e. The summed E-state index contributed by atoms with van der Waals surface area (Å²) >= 11 is 0. The van der Waals surface area contributed by atoms with Gasteiger partial charge >= 0.3 is 0 Å². The lowest BCUT2D eigenvalue weighted by molar-refractivity contribution is 0.0574. The zero-order valence-corrected chi connectivity index (χ0v) is 17.4. The van der Waals surface area contributed by atoms with Gasteiger partial charge < -0.3 is 25.2 Å². The SMILES string of the molecule is CCNC(=NCC1(O)CCCC1)NCCOc1ccc(OC)cc1.I. The number of hydrogen-bond acceptors (Lipinski definition) is 4. The van der Waals surface area contributed by atoms with Crippen LogP contribution in [0.15, 0.2) is 29.3 Å². The molecule has 0 saturated heterocycles. The number of nitrogens with zero attached hydrogens (tertiary/aromatic N) is 1. The summed E-state index contributed by atoms with van der Waals surface area (Å²) < 4.78 is 10.8. The zero-order valence-electron chi connectivity index (χ0n) is 15.1. The Labute approximate surface area is 167 Å². The van der Waals surface area contributed by atoms with Gasteiger partial charge in [0.05, 0.1) is 25.8 Å². The summed E-state index contributed by atoms with van der Waals surface area (Å²) in [6.07, 6.45) is 3.87. The van der Waals surface area contributed by atoms with E-state index < -0.39 is 5.60 Å². The molecule has 25 heavy (non-hydrogen) atoms. The van der Waals surface area contributed by atoms with Crippen LogP contribution in [0.4, 0.5) is 0 Å². The lowest BCUT2D eigenvalue weighted by Crippen LogP contribution is -2.41. The van der Waals surface area contributed by atoms with Crippen LogP contribution in [0.3, 0.4) is 0 Å². The van der Waals surface area contributed by atoms with Crippen molar-refractivity contribution in [2.24, 2.45) is 4.99 Å². The third-order valence-corrected chi connectivity index (χ3v) is 4.13. The van der Waals surface area contributed by atoms with E-state index in [0.717, 1.165) is 49.7 Å². The summed E-state index contributed by atoms with van der Waals surface area (Å²) in [6, 6.07) is 7.51. The van der Waals surface area contributed by atoms with E-state index in [9.17, 15) is 5.11 Å². The zero-order chi connectivity index (χ0) is 17.3. The molecule has 1 fully saturated rings. The molecule has 0 atom stereocenters. The van der Waals surface area contributed by atoms with Crippen molar-refractivity contribution in [3.8, 4) is 11.5 Å². The molecule has 1 aliphatic carbocycles. The lowest BCUT2D eigenvalue weighted by Gasteiger charge is -2.20. The quantitative estimate of drug-likeness (QED) is 0.239. The normalized spacial score (nSPS) is 16.0. The first-order chi connectivity index (χ1) is 11.6. The largest absolute Gasteiger partial charge is 0.497 e. The minimum atomic E-state index is -0.623. The number of benzene rings is 1. The van der Waals surface area contributed by atoms with Crippen molar-refractivity contribution < 1.29 is 14.6 Å². The van der Waals surface area contributed by atoms with Crippen LogP contribution in [0.5, 0.6) is 11.5 Å². The van der Waals surface area contributed by atoms with Crippen molar-refractivity contribution in [3.05, 3.63) is 24.3 Å². The Bertz CT molecular complexity index is 517. The molecule has 7 heteroatoms. The van der Waals surface area contributed by atoms with Gasteiger partial charge in [0, 0.05) is 6.54 Å². The Balaban J connectivity index is 0.00000312. The van der Waals surface area contributed by atoms with Crippen molar-refractivity contribution in [3.63, 3.8) is 0 Å². The molecule has 1 aromatic rings. The average Bonchev–Trinajstić information content (AvgIpc) is 3.04. The smallest absolute Gasteiger partial charge is 0.191 e. The molecule has 0 aliphatic heterocycles. The van der Waals surface area contributed by atoms with Crippen LogP contribution in [-0.2, 0) is 0 Å². The second-order valence-electron chi connectivity index (χ2n) is 6.08. The fourth-order valence-corrected chi connectivity index (χ4v) is 2.77. The first kappa shape index (κ1) is 21.8. The average molecular weight is 463 g/mol. The number of rotatable bonds is 8. The molecule has 0 bridgehead atoms. The summed E-state index contributed by atoms with van der Waals surface area (Å²) in [7, 11) is 1.64. The van der Waals surface area contributed by atoms with Crippen LogP contribution in [0.1, 0.15) is 32.6 Å². The molecule has 1 aromatic carbocycles. The highest BCUT2D eigenvalue weighted by atomic mass is 127. The first-order valence-electron chi connectivity index (χ1n) is 8.66. The summed E-state index contributed by atoms with van der Waals surface area (Å²) in [5.41, 5.74) is -0.623. The van der Waals surface area contributed by atoms with Crippen LogP contribution in [0.2, 0.25) is 0 Å². The summed E-state index contributed by atoms with van der Waals surface area (Å²) in [6.45, 7) is 4.41. The highest BCUT2D eigenvalue weighted by Crippen LogP contribution is 2.29. The van der Waals surface area contributed by atoms with Gasteiger partial charge in [0.15, 0.2) is 5.96 Å². The molecule has 6 nitrogen and oxygen atoms in total. The molecule has 0 aromatic heterocycles. The number of halogens is 1. The van der Waals surface area contributed by atoms with Gasteiger partial charge in [-0.05, 0) is 44.0 Å². The van der Waals surface area contributed by atoms with Gasteiger partial charge in [0.25, 0.3) is 0 Å². The van der Waals surface area contributed by atoms with Gasteiger partial charge in [-0.25, -0.2) is 0 Å². The summed E-state index contributed by atoms with van der Waals surface area (Å²) in [4.78, 5) is 4.51. The molecule has 0 heterocycles. The van der Waals surface area contributed by atoms with E-state index in [-0.39, 0.29) is 24.0 Å². The van der Waals surface area contributed by atoms with Gasteiger partial charge in [-0.2, -0.15) is 0 Å². The van der Waals surface area contributed by atoms with E-state index in [0.29, 0.717) is 19.7 Å². The molecule has 3 N–H and O–H groups in total. The molecule has 142 valence electrons. The van der Waals surface area contributed by atoms with Crippen molar-refractivity contribution in [2.75, 3.05) is 33.4 Å². The summed E-state index contributed by atoms with van der Waals surface area (Å²) in [5.74, 6) is 2.34. The van der Waals surface area contributed by atoms with Gasteiger partial charge in [0.2, 0.25) is 0 Å². The highest BCUT2D eigenvalue weighted by molar-refractivity contribution is 14.0. The highest BCUT2D eigenvalue weighted by Gasteiger charge is 2.30. The Morgan fingerprint density at radius 2 is 1.80 bits per heavy atom. The first-order valence-corrected chi connectivity index (χ1v) is 8.66. The molecule has 1 aliphatic rings. The molecule has 1 saturated carbocycles. The number of nitrogens with one attached hydrogen (secondary N) is 2. The molecular formula is C18H30IN3O3. The third kappa shape index (κ3) is 7.68. The van der Waals surface area contributed by atoms with Gasteiger partial charge in [0.1, 0.15) is 18.1 Å². The number of aliphatic imine (C=N–C) groups is 1. The van der Waals surface area contributed by atoms with Crippen LogP contribution in [0.25, 0.3) is 0 Å². The lowest BCUT2D eigenvalue weighted by atomic mass is 10.0. The summed E-state index contributed by atoms with van der Waals surface area (Å²) in [5, 5.41) is 16.8. The van der Waals surface area contributed by atoms with E-state index >= 15 is 0 Å². The Morgan fingerprint density at radius 3 is 2.40 bits per heavy atom. The Kier molecular flexibility index (Phi) is 9.96. The molecule has 0 spiro atoms. The maximum absolute atomic E-state index is 10.4. The third-order valence-electron chi connectivity index (χ3n) is 4.13. The van der Waals surface area contributed by atoms with Crippen LogP contribution >= 0.6 is 24.0 Å². The van der Waals surface area contributed by atoms with E-state index in [1.807, 2.05) is 31.2 Å². The Morgan fingerprint density at radius 1 is 1.16 bits per heavy atom. The van der Waals surface area contributed by atoms with Crippen molar-refractivity contribution in [1.29, 1.82) is 0 Å². The van der Waals surface area contributed by atoms with Gasteiger partial charge in [-0.1, -0.05) is 12.8 Å². The second kappa shape index (κ2) is 11.4. The van der Waals surface area contributed by atoms with E-state index in [1.165, 1.54) is 0 Å². The molecule has 0 radical (unpaired) electrons. The topological polar surface area (TPSA) is 75.1 Å². The predicted molar refractivity (Wildman–Crippen MR) is 111 cm³/mol. The minimum absolute atomic E-state index is 0. The van der Waals surface area contributed by atoms with E-state index in [4.69, 9.17) is 9.47 Å². The molecule has 0 amide bonds. The fourth-order valence-electron chi connectivity index (χ4n) is 2.77. The van der Waals surface area contributed by atoms with Crippen LogP contribution < -0.4 is 20.1 Å². The molecule has 0 unspecified atom stereocenters. The van der Waals surface area contributed by atoms with Crippen LogP contribution in [-0.4, -0.2) is 50.0 Å². The number of aliphatic hydroxyl groups is 1. The standard InChI is InChI=1S/C18H29N3O3.HI/c1-3-19-17(21-14-18(22)10-4-5-11-18)20-12-13-24-16-8-6-15(23-2)7-9-16;/h6-9,22H,3-5,10-14H2,1-2H3,(H2,19,20,21);1H. The molecular weight excluding hydrogens is 433 g/mol. The second-order valence-corrected chi connectivity index (χ2v) is 6.08. The number of ether oxygens (including phenoxy) is 2. The fraction of sp³-hybridized carbons (Fsp3) is 0.611. The van der Waals surface area contributed by atoms with E-state index in [2.05, 4.69) is 15.6 Å². The number of methoxy groups -OCH3 is 1. The number of guanidine groups is 1. The van der Waals surface area contributed by atoms with Crippen molar-refractivity contribution >= 4 is 29.9 Å². The van der Waals surface area contributed by atoms with Crippen molar-refractivity contribution in [1.82, 2.24) is 10.6 Å².